The van der Waals surface area contributed by atoms with Crippen LogP contribution in [0, 0.1) is 11.8 Å². The topological polar surface area (TPSA) is 125 Å². The number of rotatable bonds is 10. The molecular formula is C31H45N3O7. The van der Waals surface area contributed by atoms with Crippen LogP contribution in [0.15, 0.2) is 36.4 Å². The number of benzene rings is 1. The molecule has 0 aliphatic carbocycles. The van der Waals surface area contributed by atoms with E-state index in [1.807, 2.05) is 51.1 Å². The molecule has 10 nitrogen and oxygen atoms in total. The zero-order chi connectivity index (χ0) is 30.0. The smallest absolute Gasteiger partial charge is 0.410 e. The van der Waals surface area contributed by atoms with Gasteiger partial charge in [0.05, 0.1) is 19.4 Å². The molecule has 3 amide bonds. The van der Waals surface area contributed by atoms with Gasteiger partial charge in [0.15, 0.2) is 0 Å². The van der Waals surface area contributed by atoms with Crippen LogP contribution in [-0.4, -0.2) is 83.7 Å². The first-order chi connectivity index (χ1) is 19.4. The molecule has 2 atom stereocenters. The third-order valence-electron chi connectivity index (χ3n) is 7.51. The summed E-state index contributed by atoms with van der Waals surface area (Å²) in [6.07, 6.45) is 7.05. The number of hydrogen-bond donors (Lipinski definition) is 2. The number of hydrogen-bond acceptors (Lipinski definition) is 6. The minimum Gasteiger partial charge on any atom is -0.497 e. The largest absolute Gasteiger partial charge is 0.497 e. The maximum absolute atomic E-state index is 13.1. The zero-order valence-corrected chi connectivity index (χ0v) is 24.8. The molecule has 226 valence electrons. The first-order valence-electron chi connectivity index (χ1n) is 14.5. The second-order valence-electron chi connectivity index (χ2n) is 12.0. The monoisotopic (exact) mass is 571 g/mol. The Bertz CT molecular complexity index is 1070. The highest BCUT2D eigenvalue weighted by molar-refractivity contribution is 5.88. The van der Waals surface area contributed by atoms with E-state index < -0.39 is 17.6 Å². The van der Waals surface area contributed by atoms with Crippen molar-refractivity contribution in [3.63, 3.8) is 0 Å². The van der Waals surface area contributed by atoms with Crippen LogP contribution in [0.5, 0.6) is 5.75 Å². The molecule has 1 aromatic carbocycles. The standard InChI is InChI=1S/C31H45N3O7/c1-31(2,3)41-30(39)33-18-15-23(16-19-33)10-14-27(35)34-17-5-6-24(21-34)29(38)32-25(20-28(36)37)11-7-22-8-12-26(40-4)13-9-22/h8-10,12-14,23-25H,5-7,11,15-21H2,1-4H3,(H,32,38)(H,36,37)/b14-10+/t24-,25-/m1/s1. The molecule has 0 aromatic heterocycles. The Hall–Kier alpha value is -3.56. The lowest BCUT2D eigenvalue weighted by Gasteiger charge is -2.33. The summed E-state index contributed by atoms with van der Waals surface area (Å²) in [5.41, 5.74) is 0.505. The normalized spacial score (nSPS) is 19.1. The van der Waals surface area contributed by atoms with Crippen molar-refractivity contribution in [2.45, 2.75) is 77.4 Å². The van der Waals surface area contributed by atoms with Gasteiger partial charge < -0.3 is 29.7 Å². The van der Waals surface area contributed by atoms with Crippen LogP contribution in [-0.2, 0) is 25.5 Å². The summed E-state index contributed by atoms with van der Waals surface area (Å²) in [5, 5.41) is 12.3. The predicted octanol–water partition coefficient (Wildman–Crippen LogP) is 4.03. The molecule has 2 aliphatic heterocycles. The number of carbonyl (C=O) groups excluding carboxylic acids is 3. The van der Waals surface area contributed by atoms with Crippen molar-refractivity contribution in [1.29, 1.82) is 0 Å². The van der Waals surface area contributed by atoms with Gasteiger partial charge in [-0.1, -0.05) is 18.2 Å². The quantitative estimate of drug-likeness (QED) is 0.406. The molecule has 0 unspecified atom stereocenters. The van der Waals surface area contributed by atoms with Gasteiger partial charge in [0, 0.05) is 32.2 Å². The average molecular weight is 572 g/mol. The molecule has 0 saturated carbocycles. The molecule has 2 heterocycles. The van der Waals surface area contributed by atoms with E-state index in [0.29, 0.717) is 51.9 Å². The van der Waals surface area contributed by atoms with Gasteiger partial charge in [-0.2, -0.15) is 0 Å². The summed E-state index contributed by atoms with van der Waals surface area (Å²) in [4.78, 5) is 53.2. The number of aryl methyl sites for hydroxylation is 1. The summed E-state index contributed by atoms with van der Waals surface area (Å²) < 4.78 is 10.6. The van der Waals surface area contributed by atoms with Crippen LogP contribution >= 0.6 is 0 Å². The molecule has 2 fully saturated rings. The Balaban J connectivity index is 1.47. The molecule has 1 aromatic rings. The number of piperidine rings is 2. The lowest BCUT2D eigenvalue weighted by Crippen LogP contribution is -2.47. The van der Waals surface area contributed by atoms with E-state index in [2.05, 4.69) is 5.32 Å². The van der Waals surface area contributed by atoms with Gasteiger partial charge in [-0.05, 0) is 89.0 Å². The van der Waals surface area contributed by atoms with E-state index >= 15 is 0 Å². The Morgan fingerprint density at radius 3 is 2.34 bits per heavy atom. The first kappa shape index (κ1) is 32.0. The van der Waals surface area contributed by atoms with Crippen LogP contribution in [0.2, 0.25) is 0 Å². The number of amides is 3. The second kappa shape index (κ2) is 14.9. The number of likely N-dealkylation sites (tertiary alicyclic amines) is 2. The maximum atomic E-state index is 13.1. The third kappa shape index (κ3) is 10.7. The van der Waals surface area contributed by atoms with Crippen molar-refractivity contribution >= 4 is 23.9 Å². The minimum atomic E-state index is -0.965. The highest BCUT2D eigenvalue weighted by Crippen LogP contribution is 2.22. The molecule has 0 radical (unpaired) electrons. The molecule has 41 heavy (non-hydrogen) atoms. The molecular weight excluding hydrogens is 526 g/mol. The summed E-state index contributed by atoms with van der Waals surface area (Å²) in [5.74, 6) is -0.730. The lowest BCUT2D eigenvalue weighted by molar-refractivity contribution is -0.138. The predicted molar refractivity (Wildman–Crippen MR) is 154 cm³/mol. The molecule has 2 aliphatic rings. The molecule has 0 spiro atoms. The van der Waals surface area contributed by atoms with Crippen molar-refractivity contribution < 1.29 is 33.8 Å². The Labute approximate surface area is 243 Å². The van der Waals surface area contributed by atoms with E-state index in [1.165, 1.54) is 0 Å². The van der Waals surface area contributed by atoms with Crippen LogP contribution < -0.4 is 10.1 Å². The number of carboxylic acid groups (broad SMARTS) is 1. The van der Waals surface area contributed by atoms with Crippen molar-refractivity contribution in [3.05, 3.63) is 42.0 Å². The van der Waals surface area contributed by atoms with E-state index in [0.717, 1.165) is 24.2 Å². The van der Waals surface area contributed by atoms with Gasteiger partial charge in [-0.25, -0.2) is 4.79 Å². The first-order valence-corrected chi connectivity index (χ1v) is 14.5. The van der Waals surface area contributed by atoms with Gasteiger partial charge in [-0.15, -0.1) is 0 Å². The molecule has 2 N–H and O–H groups in total. The number of methoxy groups -OCH3 is 1. The molecule has 10 heteroatoms. The number of ether oxygens (including phenoxy) is 2. The van der Waals surface area contributed by atoms with Gasteiger partial charge in [-0.3, -0.25) is 14.4 Å². The summed E-state index contributed by atoms with van der Waals surface area (Å²) in [6, 6.07) is 7.08. The van der Waals surface area contributed by atoms with Crippen molar-refractivity contribution in [2.24, 2.45) is 11.8 Å². The van der Waals surface area contributed by atoms with E-state index in [1.54, 1.807) is 23.0 Å². The number of carbonyl (C=O) groups is 4. The number of aliphatic carboxylic acids is 1. The Morgan fingerprint density at radius 2 is 1.73 bits per heavy atom. The third-order valence-corrected chi connectivity index (χ3v) is 7.51. The molecule has 0 bridgehead atoms. The summed E-state index contributed by atoms with van der Waals surface area (Å²) >= 11 is 0. The number of nitrogens with zero attached hydrogens (tertiary/aromatic N) is 2. The van der Waals surface area contributed by atoms with Crippen LogP contribution in [0.4, 0.5) is 4.79 Å². The highest BCUT2D eigenvalue weighted by atomic mass is 16.6. The van der Waals surface area contributed by atoms with E-state index in [4.69, 9.17) is 9.47 Å². The molecule has 3 rings (SSSR count). The molecule has 2 saturated heterocycles. The SMILES string of the molecule is COc1ccc(CC[C@H](CC(=O)O)NC(=O)[C@@H]2CCCN(C(=O)/C=C/C3CCN(C(=O)OC(C)(C)C)CC3)C2)cc1. The van der Waals surface area contributed by atoms with Crippen molar-refractivity contribution in [3.8, 4) is 5.75 Å². The van der Waals surface area contributed by atoms with Gasteiger partial charge in [0.2, 0.25) is 11.8 Å². The Morgan fingerprint density at radius 1 is 1.05 bits per heavy atom. The highest BCUT2D eigenvalue weighted by Gasteiger charge is 2.30. The number of nitrogens with one attached hydrogen (secondary N) is 1. The van der Waals surface area contributed by atoms with Crippen molar-refractivity contribution in [1.82, 2.24) is 15.1 Å². The van der Waals surface area contributed by atoms with E-state index in [-0.39, 0.29) is 36.2 Å². The second-order valence-corrected chi connectivity index (χ2v) is 12.0. The van der Waals surface area contributed by atoms with Gasteiger partial charge in [0.25, 0.3) is 0 Å². The summed E-state index contributed by atoms with van der Waals surface area (Å²) in [7, 11) is 1.60. The summed E-state index contributed by atoms with van der Waals surface area (Å²) in [6.45, 7) is 7.60. The van der Waals surface area contributed by atoms with Gasteiger partial charge >= 0.3 is 12.1 Å². The number of allylic oxidation sites excluding steroid dienone is 1. The van der Waals surface area contributed by atoms with Crippen LogP contribution in [0.25, 0.3) is 0 Å². The van der Waals surface area contributed by atoms with Crippen LogP contribution in [0.3, 0.4) is 0 Å². The maximum Gasteiger partial charge on any atom is 0.410 e. The minimum absolute atomic E-state index is 0.126. The average Bonchev–Trinajstić information content (AvgIpc) is 2.94. The van der Waals surface area contributed by atoms with E-state index in [9.17, 15) is 24.3 Å². The lowest BCUT2D eigenvalue weighted by atomic mass is 9.95. The van der Waals surface area contributed by atoms with Crippen LogP contribution in [0.1, 0.15) is 64.9 Å². The zero-order valence-electron chi connectivity index (χ0n) is 24.8. The van der Waals surface area contributed by atoms with Crippen molar-refractivity contribution in [2.75, 3.05) is 33.3 Å². The van der Waals surface area contributed by atoms with Gasteiger partial charge in [0.1, 0.15) is 11.4 Å². The fourth-order valence-electron chi connectivity index (χ4n) is 5.20. The fraction of sp³-hybridized carbons (Fsp3) is 0.613. The number of carboxylic acids is 1. The Kier molecular flexibility index (Phi) is 11.6. The fourth-order valence-corrected chi connectivity index (χ4v) is 5.20.